The highest BCUT2D eigenvalue weighted by molar-refractivity contribution is 6.00. The van der Waals surface area contributed by atoms with E-state index >= 15 is 0 Å². The van der Waals surface area contributed by atoms with E-state index in [4.69, 9.17) is 4.84 Å². The lowest BCUT2D eigenvalue weighted by atomic mass is 9.96. The summed E-state index contributed by atoms with van der Waals surface area (Å²) in [5, 5.41) is 4.04. The highest BCUT2D eigenvalue weighted by atomic mass is 19.4. The van der Waals surface area contributed by atoms with Crippen LogP contribution in [0.3, 0.4) is 0 Å². The molecule has 0 spiro atoms. The topological polar surface area (TPSA) is 24.8 Å². The zero-order valence-electron chi connectivity index (χ0n) is 15.5. The van der Waals surface area contributed by atoms with Crippen LogP contribution < -0.4 is 0 Å². The molecule has 2 aromatic carbocycles. The summed E-state index contributed by atoms with van der Waals surface area (Å²) in [5.41, 5.74) is 1.62. The maximum Gasteiger partial charge on any atom is 0.416 e. The summed E-state index contributed by atoms with van der Waals surface area (Å²) in [6, 6.07) is 11.7. The molecule has 0 bridgehead atoms. The van der Waals surface area contributed by atoms with Gasteiger partial charge in [0.2, 0.25) is 0 Å². The fraction of sp³-hybridized carbons (Fsp3) is 0.381. The molecule has 0 amide bonds. The van der Waals surface area contributed by atoms with Crippen LogP contribution in [-0.2, 0) is 11.0 Å². The fourth-order valence-corrected chi connectivity index (χ4v) is 3.54. The molecule has 1 aliphatic heterocycles. The monoisotopic (exact) mass is 394 g/mol. The van der Waals surface area contributed by atoms with Gasteiger partial charge in [0.15, 0.2) is 0 Å². The van der Waals surface area contributed by atoms with E-state index in [0.717, 1.165) is 30.2 Å². The van der Waals surface area contributed by atoms with Gasteiger partial charge in [-0.15, -0.1) is 0 Å². The number of oxime groups is 1. The van der Waals surface area contributed by atoms with E-state index < -0.39 is 11.7 Å². The molecule has 7 heteroatoms. The molecule has 1 saturated heterocycles. The van der Waals surface area contributed by atoms with Gasteiger partial charge in [0, 0.05) is 19.5 Å². The first-order valence-corrected chi connectivity index (χ1v) is 9.12. The highest BCUT2D eigenvalue weighted by Gasteiger charge is 2.32. The van der Waals surface area contributed by atoms with E-state index in [1.54, 1.807) is 18.2 Å². The van der Waals surface area contributed by atoms with Crippen molar-refractivity contribution in [3.8, 4) is 0 Å². The summed E-state index contributed by atoms with van der Waals surface area (Å²) in [6.07, 6.45) is -2.90. The van der Waals surface area contributed by atoms with Crippen LogP contribution in [-0.4, -0.2) is 37.4 Å². The lowest BCUT2D eigenvalue weighted by Crippen LogP contribution is -2.24. The minimum atomic E-state index is -4.32. The minimum absolute atomic E-state index is 0.0796. The summed E-state index contributed by atoms with van der Waals surface area (Å²) >= 11 is 0. The van der Waals surface area contributed by atoms with Crippen molar-refractivity contribution in [2.75, 3.05) is 26.7 Å². The quantitative estimate of drug-likeness (QED) is 0.388. The lowest BCUT2D eigenvalue weighted by Gasteiger charge is -2.17. The second kappa shape index (κ2) is 8.73. The molecule has 1 fully saturated rings. The number of likely N-dealkylation sites (tertiary alicyclic amines) is 1. The third kappa shape index (κ3) is 5.10. The van der Waals surface area contributed by atoms with Gasteiger partial charge in [-0.1, -0.05) is 35.5 Å². The van der Waals surface area contributed by atoms with E-state index in [-0.39, 0.29) is 11.7 Å². The van der Waals surface area contributed by atoms with E-state index in [2.05, 4.69) is 10.1 Å². The Morgan fingerprint density at radius 2 is 1.93 bits per heavy atom. The number of nitrogens with zero attached hydrogens (tertiary/aromatic N) is 2. The van der Waals surface area contributed by atoms with Gasteiger partial charge < -0.3 is 9.74 Å². The molecule has 28 heavy (non-hydrogen) atoms. The summed E-state index contributed by atoms with van der Waals surface area (Å²) in [6.45, 7) is 2.21. The summed E-state index contributed by atoms with van der Waals surface area (Å²) in [7, 11) is 1.46. The second-order valence-electron chi connectivity index (χ2n) is 6.89. The van der Waals surface area contributed by atoms with Crippen LogP contribution in [0, 0.1) is 5.82 Å². The standard InChI is InChI=1S/C21H22F4N2O/c1-28-26-20(15-5-7-19(22)8-6-15)10-12-27-11-9-17(14-27)16-3-2-4-18(13-16)21(23,24)25/h2-8,13,17H,9-12,14H2,1H3/b26-20-. The Morgan fingerprint density at radius 3 is 2.61 bits per heavy atom. The van der Waals surface area contributed by atoms with Crippen molar-refractivity contribution in [1.29, 1.82) is 0 Å². The molecule has 1 unspecified atom stereocenters. The van der Waals surface area contributed by atoms with Gasteiger partial charge in [0.1, 0.15) is 12.9 Å². The van der Waals surface area contributed by atoms with Crippen LogP contribution in [0.4, 0.5) is 17.6 Å². The van der Waals surface area contributed by atoms with Gasteiger partial charge in [0.25, 0.3) is 0 Å². The van der Waals surface area contributed by atoms with Crippen LogP contribution in [0.1, 0.15) is 35.4 Å². The lowest BCUT2D eigenvalue weighted by molar-refractivity contribution is -0.137. The first-order chi connectivity index (χ1) is 13.4. The first kappa shape index (κ1) is 20.3. The molecule has 1 heterocycles. The number of hydrogen-bond donors (Lipinski definition) is 0. The molecule has 1 atom stereocenters. The molecule has 3 nitrogen and oxygen atoms in total. The molecule has 150 valence electrons. The Hall–Kier alpha value is -2.41. The molecule has 0 N–H and O–H groups in total. The first-order valence-electron chi connectivity index (χ1n) is 9.12. The number of hydrogen-bond acceptors (Lipinski definition) is 3. The Morgan fingerprint density at radius 1 is 1.18 bits per heavy atom. The Bertz CT molecular complexity index is 818. The average molecular weight is 394 g/mol. The van der Waals surface area contributed by atoms with Gasteiger partial charge in [-0.25, -0.2) is 4.39 Å². The van der Waals surface area contributed by atoms with E-state index in [1.165, 1.54) is 31.4 Å². The SMILES string of the molecule is CO/N=C(/CCN1CCC(c2cccc(C(F)(F)F)c2)C1)c1ccc(F)cc1. The molecule has 0 aliphatic carbocycles. The zero-order valence-corrected chi connectivity index (χ0v) is 15.5. The average Bonchev–Trinajstić information content (AvgIpc) is 3.14. The van der Waals surface area contributed by atoms with Crippen LogP contribution in [0.25, 0.3) is 0 Å². The van der Waals surface area contributed by atoms with Crippen LogP contribution >= 0.6 is 0 Å². The second-order valence-corrected chi connectivity index (χ2v) is 6.89. The van der Waals surface area contributed by atoms with Gasteiger partial charge in [-0.05, 0) is 48.2 Å². The molecule has 1 aliphatic rings. The van der Waals surface area contributed by atoms with Crippen molar-refractivity contribution >= 4 is 5.71 Å². The maximum absolute atomic E-state index is 13.1. The molecule has 0 saturated carbocycles. The van der Waals surface area contributed by atoms with E-state index in [1.807, 2.05) is 0 Å². The van der Waals surface area contributed by atoms with Crippen LogP contribution in [0.2, 0.25) is 0 Å². The number of halogens is 4. The molecular formula is C21H22F4N2O. The van der Waals surface area contributed by atoms with Crippen molar-refractivity contribution in [3.05, 3.63) is 71.0 Å². The summed E-state index contributed by atoms with van der Waals surface area (Å²) < 4.78 is 51.9. The Kier molecular flexibility index (Phi) is 6.34. The predicted octanol–water partition coefficient (Wildman–Crippen LogP) is 5.07. The van der Waals surface area contributed by atoms with Gasteiger partial charge in [-0.3, -0.25) is 0 Å². The minimum Gasteiger partial charge on any atom is -0.399 e. The third-order valence-corrected chi connectivity index (χ3v) is 5.00. The predicted molar refractivity (Wildman–Crippen MR) is 99.8 cm³/mol. The van der Waals surface area contributed by atoms with Crippen LogP contribution in [0.5, 0.6) is 0 Å². The van der Waals surface area contributed by atoms with Gasteiger partial charge >= 0.3 is 6.18 Å². The largest absolute Gasteiger partial charge is 0.416 e. The van der Waals surface area contributed by atoms with Crippen molar-refractivity contribution < 1.29 is 22.4 Å². The van der Waals surface area contributed by atoms with Gasteiger partial charge in [-0.2, -0.15) is 13.2 Å². The number of alkyl halides is 3. The van der Waals surface area contributed by atoms with Crippen molar-refractivity contribution in [1.82, 2.24) is 4.90 Å². The Labute approximate surface area is 161 Å². The van der Waals surface area contributed by atoms with E-state index in [9.17, 15) is 17.6 Å². The van der Waals surface area contributed by atoms with Crippen molar-refractivity contribution in [2.24, 2.45) is 5.16 Å². The normalized spacial score (nSPS) is 18.5. The highest BCUT2D eigenvalue weighted by Crippen LogP contribution is 2.33. The summed E-state index contributed by atoms with van der Waals surface area (Å²) in [5.74, 6) is -0.236. The maximum atomic E-state index is 13.1. The third-order valence-electron chi connectivity index (χ3n) is 5.00. The molecule has 3 rings (SSSR count). The summed E-state index contributed by atoms with van der Waals surface area (Å²) in [4.78, 5) is 7.12. The molecule has 0 radical (unpaired) electrons. The zero-order chi connectivity index (χ0) is 20.1. The van der Waals surface area contributed by atoms with E-state index in [0.29, 0.717) is 25.2 Å². The number of rotatable bonds is 6. The van der Waals surface area contributed by atoms with Crippen molar-refractivity contribution in [3.63, 3.8) is 0 Å². The smallest absolute Gasteiger partial charge is 0.399 e. The molecular weight excluding hydrogens is 372 g/mol. The van der Waals surface area contributed by atoms with Gasteiger partial charge in [0.05, 0.1) is 11.3 Å². The fourth-order valence-electron chi connectivity index (χ4n) is 3.54. The Balaban J connectivity index is 1.61. The molecule has 0 aromatic heterocycles. The van der Waals surface area contributed by atoms with Crippen LogP contribution in [0.15, 0.2) is 53.7 Å². The number of benzene rings is 2. The molecule has 2 aromatic rings. The van der Waals surface area contributed by atoms with Crippen molar-refractivity contribution in [2.45, 2.75) is 24.9 Å².